The molecule has 0 aliphatic carbocycles. The van der Waals surface area contributed by atoms with Gasteiger partial charge in [-0.1, -0.05) is 12.1 Å². The Morgan fingerprint density at radius 3 is 2.60 bits per heavy atom. The van der Waals surface area contributed by atoms with Crippen molar-refractivity contribution in [2.75, 3.05) is 17.2 Å². The van der Waals surface area contributed by atoms with E-state index in [1.165, 1.54) is 6.07 Å². The number of anilines is 3. The van der Waals surface area contributed by atoms with E-state index >= 15 is 0 Å². The quantitative estimate of drug-likeness (QED) is 0.420. The van der Waals surface area contributed by atoms with Crippen LogP contribution in [0.15, 0.2) is 48.8 Å². The number of benzene rings is 2. The Morgan fingerprint density at radius 1 is 0.960 bits per heavy atom. The van der Waals surface area contributed by atoms with Gasteiger partial charge in [-0.05, 0) is 24.3 Å². The Hall–Kier alpha value is -3.61. The summed E-state index contributed by atoms with van der Waals surface area (Å²) in [4.78, 5) is 11.8. The molecule has 0 unspecified atom stereocenters. The zero-order valence-electron chi connectivity index (χ0n) is 13.1. The van der Waals surface area contributed by atoms with E-state index in [4.69, 9.17) is 17.2 Å². The van der Waals surface area contributed by atoms with Gasteiger partial charge in [0.25, 0.3) is 0 Å². The lowest BCUT2D eigenvalue weighted by molar-refractivity contribution is 0.637. The van der Waals surface area contributed by atoms with Crippen molar-refractivity contribution in [3.8, 4) is 22.6 Å². The van der Waals surface area contributed by atoms with E-state index in [9.17, 15) is 4.39 Å². The van der Waals surface area contributed by atoms with Crippen molar-refractivity contribution in [3.63, 3.8) is 0 Å². The zero-order chi connectivity index (χ0) is 17.6. The predicted octanol–water partition coefficient (Wildman–Crippen LogP) is 3.18. The number of nitrogen functional groups attached to an aromatic ring is 3. The van der Waals surface area contributed by atoms with Crippen LogP contribution in [-0.4, -0.2) is 15.0 Å². The third-order valence-electron chi connectivity index (χ3n) is 4.13. The number of aromatic nitrogens is 3. The first-order valence-electron chi connectivity index (χ1n) is 7.59. The maximum atomic E-state index is 13.9. The average Bonchev–Trinajstić information content (AvgIpc) is 3.04. The largest absolute Gasteiger partial charge is 0.398 e. The molecule has 2 aromatic carbocycles. The van der Waals surface area contributed by atoms with Gasteiger partial charge in [-0.15, -0.1) is 0 Å². The van der Waals surface area contributed by atoms with Crippen molar-refractivity contribution < 1.29 is 4.39 Å². The Morgan fingerprint density at radius 2 is 1.76 bits per heavy atom. The van der Waals surface area contributed by atoms with Crippen LogP contribution in [0.25, 0.3) is 33.5 Å². The number of hydrogen-bond acceptors (Lipinski definition) is 5. The van der Waals surface area contributed by atoms with Gasteiger partial charge in [-0.2, -0.15) is 0 Å². The summed E-state index contributed by atoms with van der Waals surface area (Å²) in [6.45, 7) is 0. The molecule has 0 aliphatic rings. The van der Waals surface area contributed by atoms with Crippen LogP contribution in [0.3, 0.4) is 0 Å². The number of hydrogen-bond donors (Lipinski definition) is 4. The smallest absolute Gasteiger partial charge is 0.164 e. The number of para-hydroxylation sites is 1. The second-order valence-corrected chi connectivity index (χ2v) is 5.66. The molecule has 0 amide bonds. The van der Waals surface area contributed by atoms with Gasteiger partial charge in [0.05, 0.1) is 28.1 Å². The molecule has 7 N–H and O–H groups in total. The summed E-state index contributed by atoms with van der Waals surface area (Å²) in [6, 6.07) is 9.94. The molecule has 25 heavy (non-hydrogen) atoms. The number of fused-ring (bicyclic) bond motifs is 1. The molecule has 6 nitrogen and oxygen atoms in total. The monoisotopic (exact) mass is 334 g/mol. The Balaban J connectivity index is 1.91. The molecule has 0 radical (unpaired) electrons. The minimum absolute atomic E-state index is 0.317. The molecule has 4 rings (SSSR count). The summed E-state index contributed by atoms with van der Waals surface area (Å²) >= 11 is 0. The van der Waals surface area contributed by atoms with E-state index in [1.807, 2.05) is 6.07 Å². The molecule has 7 heteroatoms. The summed E-state index contributed by atoms with van der Waals surface area (Å²) < 4.78 is 13.9. The zero-order valence-corrected chi connectivity index (χ0v) is 13.1. The molecular formula is C18H15FN6. The van der Waals surface area contributed by atoms with E-state index < -0.39 is 0 Å². The van der Waals surface area contributed by atoms with E-state index in [2.05, 4.69) is 15.0 Å². The van der Waals surface area contributed by atoms with Gasteiger partial charge >= 0.3 is 0 Å². The van der Waals surface area contributed by atoms with Gasteiger partial charge in [0.15, 0.2) is 5.82 Å². The number of rotatable bonds is 2. The van der Waals surface area contributed by atoms with Crippen LogP contribution in [0.4, 0.5) is 21.5 Å². The third-order valence-corrected chi connectivity index (χ3v) is 4.13. The highest BCUT2D eigenvalue weighted by Gasteiger charge is 2.15. The predicted molar refractivity (Wildman–Crippen MR) is 98.0 cm³/mol. The van der Waals surface area contributed by atoms with Gasteiger partial charge in [-0.25, -0.2) is 14.4 Å². The molecule has 0 fully saturated rings. The molecule has 0 spiro atoms. The van der Waals surface area contributed by atoms with Crippen LogP contribution in [0, 0.1) is 5.82 Å². The van der Waals surface area contributed by atoms with E-state index in [0.717, 1.165) is 10.9 Å². The standard InChI is InChI=1S/C18H15FN6/c19-11-3-1-2-9-10(8-24-17(9)11)14-6-7-23-18(25-14)15-12(20)4-5-13(21)16(15)22/h1-8,24H,20-22H2. The molecule has 4 aromatic rings. The third kappa shape index (κ3) is 2.33. The minimum Gasteiger partial charge on any atom is -0.398 e. The molecule has 0 aliphatic heterocycles. The molecule has 2 heterocycles. The number of aromatic amines is 1. The normalized spacial score (nSPS) is 11.1. The summed E-state index contributed by atoms with van der Waals surface area (Å²) in [5.41, 5.74) is 21.5. The van der Waals surface area contributed by atoms with Crippen molar-refractivity contribution in [1.82, 2.24) is 15.0 Å². The number of H-pyrrole nitrogens is 1. The van der Waals surface area contributed by atoms with Gasteiger partial charge in [0.1, 0.15) is 5.82 Å². The lowest BCUT2D eigenvalue weighted by Crippen LogP contribution is -2.03. The van der Waals surface area contributed by atoms with Crippen molar-refractivity contribution in [3.05, 3.63) is 54.6 Å². The van der Waals surface area contributed by atoms with Crippen molar-refractivity contribution in [1.29, 1.82) is 0 Å². The topological polar surface area (TPSA) is 120 Å². The molecule has 124 valence electrons. The first-order chi connectivity index (χ1) is 12.1. The van der Waals surface area contributed by atoms with E-state index in [1.54, 1.807) is 36.7 Å². The van der Waals surface area contributed by atoms with Crippen LogP contribution in [-0.2, 0) is 0 Å². The van der Waals surface area contributed by atoms with Gasteiger partial charge < -0.3 is 22.2 Å². The fraction of sp³-hybridized carbons (Fsp3) is 0. The first-order valence-corrected chi connectivity index (χ1v) is 7.59. The number of nitrogens with zero attached hydrogens (tertiary/aromatic N) is 2. The highest BCUT2D eigenvalue weighted by Crippen LogP contribution is 2.35. The molecule has 0 bridgehead atoms. The second-order valence-electron chi connectivity index (χ2n) is 5.66. The fourth-order valence-corrected chi connectivity index (χ4v) is 2.86. The van der Waals surface area contributed by atoms with Crippen LogP contribution in [0.5, 0.6) is 0 Å². The van der Waals surface area contributed by atoms with Crippen molar-refractivity contribution in [2.24, 2.45) is 0 Å². The lowest BCUT2D eigenvalue weighted by Gasteiger charge is -2.11. The lowest BCUT2D eigenvalue weighted by atomic mass is 10.1. The number of halogens is 1. The average molecular weight is 334 g/mol. The van der Waals surface area contributed by atoms with Crippen LogP contribution in [0.2, 0.25) is 0 Å². The van der Waals surface area contributed by atoms with Crippen molar-refractivity contribution >= 4 is 28.0 Å². The highest BCUT2D eigenvalue weighted by molar-refractivity contribution is 5.95. The summed E-state index contributed by atoms with van der Waals surface area (Å²) in [7, 11) is 0. The molecule has 0 saturated carbocycles. The second kappa shape index (κ2) is 5.48. The Labute approximate surface area is 142 Å². The number of nitrogens with two attached hydrogens (primary N) is 3. The van der Waals surface area contributed by atoms with E-state index in [-0.39, 0.29) is 5.82 Å². The van der Waals surface area contributed by atoms with Crippen LogP contribution < -0.4 is 17.2 Å². The molecule has 0 saturated heterocycles. The van der Waals surface area contributed by atoms with Crippen LogP contribution >= 0.6 is 0 Å². The molecule has 0 atom stereocenters. The highest BCUT2D eigenvalue weighted by atomic mass is 19.1. The molecule has 2 aromatic heterocycles. The van der Waals surface area contributed by atoms with E-state index in [0.29, 0.717) is 39.7 Å². The number of nitrogens with one attached hydrogen (secondary N) is 1. The summed E-state index contributed by atoms with van der Waals surface area (Å²) in [5, 5.41) is 0.734. The molecular weight excluding hydrogens is 319 g/mol. The minimum atomic E-state index is -0.317. The van der Waals surface area contributed by atoms with Gasteiger partial charge in [0.2, 0.25) is 0 Å². The Bertz CT molecular complexity index is 1100. The van der Waals surface area contributed by atoms with Crippen molar-refractivity contribution in [2.45, 2.75) is 0 Å². The maximum absolute atomic E-state index is 13.9. The SMILES string of the molecule is Nc1ccc(N)c(-c2nccc(-c3c[nH]c4c(F)cccc34)n2)c1N. The van der Waals surface area contributed by atoms with Crippen LogP contribution in [0.1, 0.15) is 0 Å². The first kappa shape index (κ1) is 14.9. The maximum Gasteiger partial charge on any atom is 0.164 e. The van der Waals surface area contributed by atoms with Gasteiger partial charge in [0, 0.05) is 29.0 Å². The summed E-state index contributed by atoms with van der Waals surface area (Å²) in [6.07, 6.45) is 3.32. The van der Waals surface area contributed by atoms with Gasteiger partial charge in [-0.3, -0.25) is 0 Å². The fourth-order valence-electron chi connectivity index (χ4n) is 2.86. The summed E-state index contributed by atoms with van der Waals surface area (Å²) in [5.74, 6) is 0.0490. The Kier molecular flexibility index (Phi) is 3.28.